The van der Waals surface area contributed by atoms with Crippen LogP contribution in [0.4, 0.5) is 4.79 Å². The van der Waals surface area contributed by atoms with Crippen LogP contribution in [0.25, 0.3) is 11.1 Å². The topological polar surface area (TPSA) is 46.5 Å². The van der Waals surface area contributed by atoms with Crippen LogP contribution in [0, 0.1) is 0 Å². The van der Waals surface area contributed by atoms with Crippen molar-refractivity contribution in [3.05, 3.63) is 54.1 Å². The SMILES string of the molecule is CCCCCCCCCc1ccc(-c2ccccc2OC(=O)O)cc1. The van der Waals surface area contributed by atoms with Gasteiger partial charge in [0.2, 0.25) is 0 Å². The molecule has 25 heavy (non-hydrogen) atoms. The fourth-order valence-corrected chi connectivity index (χ4v) is 3.03. The molecule has 0 fully saturated rings. The lowest BCUT2D eigenvalue weighted by molar-refractivity contribution is 0.144. The highest BCUT2D eigenvalue weighted by molar-refractivity contribution is 5.74. The minimum absolute atomic E-state index is 0.370. The average Bonchev–Trinajstić information content (AvgIpc) is 2.62. The third-order valence-electron chi connectivity index (χ3n) is 4.42. The van der Waals surface area contributed by atoms with E-state index in [0.717, 1.165) is 17.5 Å². The highest BCUT2D eigenvalue weighted by Gasteiger charge is 2.09. The summed E-state index contributed by atoms with van der Waals surface area (Å²) in [7, 11) is 0. The Morgan fingerprint density at radius 2 is 1.52 bits per heavy atom. The van der Waals surface area contributed by atoms with Crippen molar-refractivity contribution < 1.29 is 14.6 Å². The first kappa shape index (κ1) is 19.0. The molecule has 0 bridgehead atoms. The van der Waals surface area contributed by atoms with Crippen molar-refractivity contribution in [1.29, 1.82) is 0 Å². The van der Waals surface area contributed by atoms with E-state index in [9.17, 15) is 4.79 Å². The van der Waals surface area contributed by atoms with E-state index in [1.54, 1.807) is 12.1 Å². The molecule has 0 aliphatic rings. The van der Waals surface area contributed by atoms with Crippen molar-refractivity contribution >= 4 is 6.16 Å². The molecule has 3 nitrogen and oxygen atoms in total. The number of benzene rings is 2. The number of para-hydroxylation sites is 1. The highest BCUT2D eigenvalue weighted by Crippen LogP contribution is 2.30. The van der Waals surface area contributed by atoms with Crippen LogP contribution in [0.2, 0.25) is 0 Å². The van der Waals surface area contributed by atoms with Crippen molar-refractivity contribution in [1.82, 2.24) is 0 Å². The molecule has 0 aliphatic carbocycles. The van der Waals surface area contributed by atoms with Gasteiger partial charge in [0.25, 0.3) is 0 Å². The first-order valence-corrected chi connectivity index (χ1v) is 9.30. The van der Waals surface area contributed by atoms with Crippen LogP contribution in [0.15, 0.2) is 48.5 Å². The van der Waals surface area contributed by atoms with E-state index in [1.807, 2.05) is 24.3 Å². The lowest BCUT2D eigenvalue weighted by Crippen LogP contribution is -2.03. The minimum atomic E-state index is -1.29. The number of hydrogen-bond donors (Lipinski definition) is 1. The molecule has 3 heteroatoms. The maximum atomic E-state index is 10.8. The Morgan fingerprint density at radius 3 is 2.20 bits per heavy atom. The first-order valence-electron chi connectivity index (χ1n) is 9.30. The molecule has 0 saturated carbocycles. The van der Waals surface area contributed by atoms with E-state index >= 15 is 0 Å². The van der Waals surface area contributed by atoms with Gasteiger partial charge in [-0.15, -0.1) is 0 Å². The Kier molecular flexibility index (Phi) is 8.03. The molecule has 0 amide bonds. The molecule has 134 valence electrons. The molecular weight excluding hydrogens is 312 g/mol. The third kappa shape index (κ3) is 6.61. The van der Waals surface area contributed by atoms with Crippen LogP contribution in [0.3, 0.4) is 0 Å². The van der Waals surface area contributed by atoms with Gasteiger partial charge >= 0.3 is 6.16 Å². The lowest BCUT2D eigenvalue weighted by Gasteiger charge is -2.09. The molecule has 0 saturated heterocycles. The zero-order valence-electron chi connectivity index (χ0n) is 15.0. The van der Waals surface area contributed by atoms with Gasteiger partial charge in [0.05, 0.1) is 0 Å². The molecule has 0 aromatic heterocycles. The zero-order valence-corrected chi connectivity index (χ0v) is 15.0. The summed E-state index contributed by atoms with van der Waals surface area (Å²) in [4.78, 5) is 10.8. The van der Waals surface area contributed by atoms with Gasteiger partial charge in [-0.2, -0.15) is 0 Å². The summed E-state index contributed by atoms with van der Waals surface area (Å²) in [5.74, 6) is 0.370. The van der Waals surface area contributed by atoms with Gasteiger partial charge in [0.15, 0.2) is 0 Å². The Bertz CT molecular complexity index is 647. The quantitative estimate of drug-likeness (QED) is 0.297. The van der Waals surface area contributed by atoms with E-state index in [0.29, 0.717) is 5.75 Å². The standard InChI is InChI=1S/C22H28O3/c1-2-3-4-5-6-7-8-11-18-14-16-19(17-15-18)20-12-9-10-13-21(20)25-22(23)24/h9-10,12-17H,2-8,11H2,1H3,(H,23,24). The molecule has 0 spiro atoms. The van der Waals surface area contributed by atoms with Crippen molar-refractivity contribution in [2.45, 2.75) is 58.3 Å². The van der Waals surface area contributed by atoms with Gasteiger partial charge in [-0.1, -0.05) is 87.9 Å². The second-order valence-corrected chi connectivity index (χ2v) is 6.43. The number of aryl methyl sites for hydroxylation is 1. The smallest absolute Gasteiger partial charge is 0.449 e. The number of carboxylic acid groups (broad SMARTS) is 1. The van der Waals surface area contributed by atoms with Crippen LogP contribution in [-0.4, -0.2) is 11.3 Å². The van der Waals surface area contributed by atoms with Gasteiger partial charge in [-0.25, -0.2) is 4.79 Å². The van der Waals surface area contributed by atoms with E-state index in [2.05, 4.69) is 19.1 Å². The van der Waals surface area contributed by atoms with Crippen molar-refractivity contribution in [2.24, 2.45) is 0 Å². The second-order valence-electron chi connectivity index (χ2n) is 6.43. The van der Waals surface area contributed by atoms with Crippen molar-refractivity contribution in [3.63, 3.8) is 0 Å². The predicted octanol–water partition coefficient (Wildman–Crippen LogP) is 6.70. The van der Waals surface area contributed by atoms with E-state index in [-0.39, 0.29) is 0 Å². The van der Waals surface area contributed by atoms with Crippen molar-refractivity contribution in [3.8, 4) is 16.9 Å². The van der Waals surface area contributed by atoms with Gasteiger partial charge in [0, 0.05) is 5.56 Å². The van der Waals surface area contributed by atoms with Crippen molar-refractivity contribution in [2.75, 3.05) is 0 Å². The highest BCUT2D eigenvalue weighted by atomic mass is 16.7. The van der Waals surface area contributed by atoms with Gasteiger partial charge in [-0.05, 0) is 30.0 Å². The van der Waals surface area contributed by atoms with E-state index < -0.39 is 6.16 Å². The fraction of sp³-hybridized carbons (Fsp3) is 0.409. The maximum Gasteiger partial charge on any atom is 0.511 e. The minimum Gasteiger partial charge on any atom is -0.449 e. The Balaban J connectivity index is 1.87. The Morgan fingerprint density at radius 1 is 0.880 bits per heavy atom. The summed E-state index contributed by atoms with van der Waals surface area (Å²) in [6.07, 6.45) is 9.03. The number of rotatable bonds is 10. The number of hydrogen-bond acceptors (Lipinski definition) is 2. The number of ether oxygens (including phenoxy) is 1. The summed E-state index contributed by atoms with van der Waals surface area (Å²) in [6.45, 7) is 2.25. The summed E-state index contributed by atoms with van der Waals surface area (Å²) < 4.78 is 4.87. The summed E-state index contributed by atoms with van der Waals surface area (Å²) in [6, 6.07) is 15.6. The molecule has 2 aromatic carbocycles. The van der Waals surface area contributed by atoms with E-state index in [4.69, 9.17) is 9.84 Å². The molecular formula is C22H28O3. The number of unbranched alkanes of at least 4 members (excludes halogenated alkanes) is 6. The normalized spacial score (nSPS) is 10.6. The predicted molar refractivity (Wildman–Crippen MR) is 102 cm³/mol. The van der Waals surface area contributed by atoms with Crippen LogP contribution in [0.5, 0.6) is 5.75 Å². The van der Waals surface area contributed by atoms with E-state index in [1.165, 1.54) is 50.5 Å². The maximum absolute atomic E-state index is 10.8. The largest absolute Gasteiger partial charge is 0.511 e. The van der Waals surface area contributed by atoms with Crippen LogP contribution >= 0.6 is 0 Å². The molecule has 0 atom stereocenters. The number of carbonyl (C=O) groups is 1. The molecule has 0 radical (unpaired) electrons. The summed E-state index contributed by atoms with van der Waals surface area (Å²) in [5.41, 5.74) is 3.10. The first-order chi connectivity index (χ1) is 12.2. The summed E-state index contributed by atoms with van der Waals surface area (Å²) >= 11 is 0. The molecule has 2 aromatic rings. The molecule has 1 N–H and O–H groups in total. The van der Waals surface area contributed by atoms with Crippen LogP contribution in [-0.2, 0) is 6.42 Å². The lowest BCUT2D eigenvalue weighted by atomic mass is 10.00. The van der Waals surface area contributed by atoms with Gasteiger partial charge < -0.3 is 9.84 Å². The van der Waals surface area contributed by atoms with Crippen LogP contribution < -0.4 is 4.74 Å². The molecule has 0 unspecified atom stereocenters. The van der Waals surface area contributed by atoms with Gasteiger partial charge in [0.1, 0.15) is 5.75 Å². The second kappa shape index (κ2) is 10.5. The van der Waals surface area contributed by atoms with Crippen LogP contribution in [0.1, 0.15) is 57.4 Å². The fourth-order valence-electron chi connectivity index (χ4n) is 3.03. The molecule has 0 heterocycles. The summed E-state index contributed by atoms with van der Waals surface area (Å²) in [5, 5.41) is 8.85. The monoisotopic (exact) mass is 340 g/mol. The molecule has 0 aliphatic heterocycles. The van der Waals surface area contributed by atoms with Gasteiger partial charge in [-0.3, -0.25) is 0 Å². The Labute approximate surface area is 150 Å². The average molecular weight is 340 g/mol. The Hall–Kier alpha value is -2.29. The molecule has 2 rings (SSSR count). The third-order valence-corrected chi connectivity index (χ3v) is 4.42. The zero-order chi connectivity index (χ0) is 17.9.